The van der Waals surface area contributed by atoms with Crippen molar-refractivity contribution in [3.63, 3.8) is 0 Å². The first-order valence-electron chi connectivity index (χ1n) is 6.30. The van der Waals surface area contributed by atoms with Crippen LogP contribution in [0.1, 0.15) is 71.0 Å². The van der Waals surface area contributed by atoms with Crippen molar-refractivity contribution in [2.45, 2.75) is 65.3 Å². The van der Waals surface area contributed by atoms with Gasteiger partial charge in [-0.1, -0.05) is 40.5 Å². The fraction of sp³-hybridized carbons (Fsp3) is 0.769. The lowest BCUT2D eigenvalue weighted by Gasteiger charge is -2.09. The highest BCUT2D eigenvalue weighted by Crippen LogP contribution is 2.29. The normalized spacial score (nSPS) is 16.6. The van der Waals surface area contributed by atoms with E-state index in [1.54, 1.807) is 0 Å². The molecule has 0 aromatic carbocycles. The Bertz CT molecular complexity index is 270. The minimum Gasteiger partial charge on any atom is -0.334 e. The topological polar surface area (TPSA) is 17.8 Å². The van der Waals surface area contributed by atoms with Gasteiger partial charge in [-0.05, 0) is 18.8 Å². The predicted molar refractivity (Wildman–Crippen MR) is 65.2 cm³/mol. The second kappa shape index (κ2) is 5.94. The first-order valence-corrected chi connectivity index (χ1v) is 6.30. The van der Waals surface area contributed by atoms with E-state index >= 15 is 0 Å². The van der Waals surface area contributed by atoms with Crippen molar-refractivity contribution in [2.24, 2.45) is 0 Å². The van der Waals surface area contributed by atoms with Crippen molar-refractivity contribution in [3.05, 3.63) is 18.2 Å². The van der Waals surface area contributed by atoms with E-state index in [1.165, 1.54) is 31.4 Å². The maximum atomic E-state index is 4.42. The number of hydrogen-bond donors (Lipinski definition) is 0. The molecule has 2 heteroatoms. The second-order valence-electron chi connectivity index (χ2n) is 4.34. The zero-order valence-corrected chi connectivity index (χ0v) is 10.5. The summed E-state index contributed by atoms with van der Waals surface area (Å²) in [4.78, 5) is 4.42. The molecule has 0 unspecified atom stereocenters. The molecule has 2 rings (SSSR count). The maximum absolute atomic E-state index is 4.42. The SMILES string of the molecule is CC.CC(C)c1cn(C2CCCC2)cn1. The van der Waals surface area contributed by atoms with Gasteiger partial charge in [-0.2, -0.15) is 0 Å². The van der Waals surface area contributed by atoms with E-state index in [1.807, 2.05) is 20.2 Å². The molecule has 15 heavy (non-hydrogen) atoms. The molecule has 0 bridgehead atoms. The zero-order chi connectivity index (χ0) is 11.3. The maximum Gasteiger partial charge on any atom is 0.0952 e. The van der Waals surface area contributed by atoms with Gasteiger partial charge in [-0.25, -0.2) is 4.98 Å². The summed E-state index contributed by atoms with van der Waals surface area (Å²) in [7, 11) is 0. The van der Waals surface area contributed by atoms with Gasteiger partial charge in [0.25, 0.3) is 0 Å². The monoisotopic (exact) mass is 208 g/mol. The third-order valence-electron chi connectivity index (χ3n) is 2.96. The van der Waals surface area contributed by atoms with Gasteiger partial charge >= 0.3 is 0 Å². The molecule has 1 aliphatic carbocycles. The molecule has 0 radical (unpaired) electrons. The fourth-order valence-corrected chi connectivity index (χ4v) is 2.05. The average molecular weight is 208 g/mol. The van der Waals surface area contributed by atoms with Gasteiger partial charge in [0.05, 0.1) is 12.0 Å². The van der Waals surface area contributed by atoms with Crippen LogP contribution < -0.4 is 0 Å². The number of hydrogen-bond acceptors (Lipinski definition) is 1. The van der Waals surface area contributed by atoms with Gasteiger partial charge in [0.15, 0.2) is 0 Å². The quantitative estimate of drug-likeness (QED) is 0.714. The van der Waals surface area contributed by atoms with E-state index in [-0.39, 0.29) is 0 Å². The Balaban J connectivity index is 0.000000531. The second-order valence-corrected chi connectivity index (χ2v) is 4.34. The zero-order valence-electron chi connectivity index (χ0n) is 10.5. The third kappa shape index (κ3) is 3.08. The van der Waals surface area contributed by atoms with Gasteiger partial charge in [0.2, 0.25) is 0 Å². The summed E-state index contributed by atoms with van der Waals surface area (Å²) in [6.07, 6.45) is 9.69. The smallest absolute Gasteiger partial charge is 0.0952 e. The molecule has 0 atom stereocenters. The molecule has 1 saturated carbocycles. The molecular formula is C13H24N2. The van der Waals surface area contributed by atoms with Crippen LogP contribution in [0.15, 0.2) is 12.5 Å². The van der Waals surface area contributed by atoms with Crippen LogP contribution in [0.5, 0.6) is 0 Å². The Kier molecular flexibility index (Phi) is 4.86. The Hall–Kier alpha value is -0.790. The van der Waals surface area contributed by atoms with Crippen LogP contribution in [0.4, 0.5) is 0 Å². The van der Waals surface area contributed by atoms with Gasteiger partial charge < -0.3 is 4.57 Å². The molecule has 0 aliphatic heterocycles. The van der Waals surface area contributed by atoms with E-state index in [4.69, 9.17) is 0 Å². The van der Waals surface area contributed by atoms with Gasteiger partial charge in [-0.15, -0.1) is 0 Å². The van der Waals surface area contributed by atoms with Crippen molar-refractivity contribution < 1.29 is 0 Å². The van der Waals surface area contributed by atoms with E-state index in [2.05, 4.69) is 29.6 Å². The summed E-state index contributed by atoms with van der Waals surface area (Å²) in [5.41, 5.74) is 1.23. The molecule has 1 aliphatic rings. The van der Waals surface area contributed by atoms with Crippen LogP contribution >= 0.6 is 0 Å². The molecule has 1 heterocycles. The van der Waals surface area contributed by atoms with E-state index in [0.29, 0.717) is 5.92 Å². The van der Waals surface area contributed by atoms with E-state index in [0.717, 1.165) is 6.04 Å². The molecule has 0 saturated heterocycles. The largest absolute Gasteiger partial charge is 0.334 e. The molecular weight excluding hydrogens is 184 g/mol. The lowest BCUT2D eigenvalue weighted by atomic mass is 10.1. The highest BCUT2D eigenvalue weighted by molar-refractivity contribution is 5.03. The fourth-order valence-electron chi connectivity index (χ4n) is 2.05. The van der Waals surface area contributed by atoms with E-state index in [9.17, 15) is 0 Å². The number of nitrogens with zero attached hydrogens (tertiary/aromatic N) is 2. The lowest BCUT2D eigenvalue weighted by molar-refractivity contribution is 0.517. The molecule has 2 nitrogen and oxygen atoms in total. The van der Waals surface area contributed by atoms with Crippen LogP contribution in [0.2, 0.25) is 0 Å². The molecule has 0 spiro atoms. The van der Waals surface area contributed by atoms with Crippen molar-refractivity contribution in [2.75, 3.05) is 0 Å². The first-order chi connectivity index (χ1) is 7.27. The van der Waals surface area contributed by atoms with Gasteiger partial charge in [0.1, 0.15) is 0 Å². The van der Waals surface area contributed by atoms with Crippen LogP contribution in [-0.2, 0) is 0 Å². The Morgan fingerprint density at radius 2 is 1.87 bits per heavy atom. The molecule has 0 amide bonds. The predicted octanol–water partition coefficient (Wildman–Crippen LogP) is 4.15. The minimum absolute atomic E-state index is 0.558. The summed E-state index contributed by atoms with van der Waals surface area (Å²) in [5.74, 6) is 0.558. The average Bonchev–Trinajstić information content (AvgIpc) is 2.91. The molecule has 1 aromatic heterocycles. The summed E-state index contributed by atoms with van der Waals surface area (Å²) >= 11 is 0. The molecule has 1 fully saturated rings. The molecule has 86 valence electrons. The van der Waals surface area contributed by atoms with Crippen molar-refractivity contribution in [1.29, 1.82) is 0 Å². The molecule has 1 aromatic rings. The Morgan fingerprint density at radius 3 is 2.33 bits per heavy atom. The van der Waals surface area contributed by atoms with Crippen LogP contribution in [0, 0.1) is 0 Å². The lowest BCUT2D eigenvalue weighted by Crippen LogP contribution is -2.01. The first kappa shape index (κ1) is 12.3. The third-order valence-corrected chi connectivity index (χ3v) is 2.96. The van der Waals surface area contributed by atoms with Crippen molar-refractivity contribution >= 4 is 0 Å². The summed E-state index contributed by atoms with van der Waals surface area (Å²) < 4.78 is 2.31. The number of imidazole rings is 1. The van der Waals surface area contributed by atoms with Crippen molar-refractivity contribution in [3.8, 4) is 0 Å². The van der Waals surface area contributed by atoms with Crippen LogP contribution in [-0.4, -0.2) is 9.55 Å². The van der Waals surface area contributed by atoms with E-state index < -0.39 is 0 Å². The van der Waals surface area contributed by atoms with Crippen molar-refractivity contribution in [1.82, 2.24) is 9.55 Å². The summed E-state index contributed by atoms with van der Waals surface area (Å²) in [6.45, 7) is 8.39. The summed E-state index contributed by atoms with van der Waals surface area (Å²) in [6, 6.07) is 0.736. The number of rotatable bonds is 2. The highest BCUT2D eigenvalue weighted by Gasteiger charge is 2.17. The highest BCUT2D eigenvalue weighted by atomic mass is 15.1. The Morgan fingerprint density at radius 1 is 1.27 bits per heavy atom. The molecule has 0 N–H and O–H groups in total. The van der Waals surface area contributed by atoms with Crippen LogP contribution in [0.25, 0.3) is 0 Å². The van der Waals surface area contributed by atoms with Gasteiger partial charge in [-0.3, -0.25) is 0 Å². The van der Waals surface area contributed by atoms with Gasteiger partial charge in [0, 0.05) is 12.2 Å². The standard InChI is InChI=1S/C11H18N2.C2H6/c1-9(2)11-7-13(8-12-11)10-5-3-4-6-10;1-2/h7-10H,3-6H2,1-2H3;1-2H3. The number of aromatic nitrogens is 2. The Labute approximate surface area is 93.7 Å². The summed E-state index contributed by atoms with van der Waals surface area (Å²) in [5, 5.41) is 0. The minimum atomic E-state index is 0.558. The van der Waals surface area contributed by atoms with Crippen LogP contribution in [0.3, 0.4) is 0 Å².